The van der Waals surface area contributed by atoms with Crippen molar-refractivity contribution in [3.8, 4) is 0 Å². The summed E-state index contributed by atoms with van der Waals surface area (Å²) in [6.07, 6.45) is 2.02. The summed E-state index contributed by atoms with van der Waals surface area (Å²) in [6, 6.07) is 7.84. The van der Waals surface area contributed by atoms with Crippen molar-refractivity contribution in [2.75, 3.05) is 23.2 Å². The molecule has 0 bridgehead atoms. The van der Waals surface area contributed by atoms with Crippen LogP contribution in [0.1, 0.15) is 0 Å². The Kier molecular flexibility index (Phi) is 4.15. The third kappa shape index (κ3) is 2.93. The van der Waals surface area contributed by atoms with E-state index < -0.39 is 0 Å². The lowest BCUT2D eigenvalue weighted by Crippen LogP contribution is -2.37. The van der Waals surface area contributed by atoms with Crippen LogP contribution in [0.2, 0.25) is 0 Å². The number of rotatable bonds is 3. The van der Waals surface area contributed by atoms with Crippen LogP contribution in [0.5, 0.6) is 0 Å². The summed E-state index contributed by atoms with van der Waals surface area (Å²) in [4.78, 5) is 13.0. The summed E-state index contributed by atoms with van der Waals surface area (Å²) in [5.41, 5.74) is 0.871. The van der Waals surface area contributed by atoms with Crippen molar-refractivity contribution in [2.45, 2.75) is 10.9 Å². The van der Waals surface area contributed by atoms with Gasteiger partial charge < -0.3 is 5.32 Å². The zero-order valence-electron chi connectivity index (χ0n) is 9.03. The third-order valence-electron chi connectivity index (χ3n) is 2.37. The van der Waals surface area contributed by atoms with E-state index in [1.807, 2.05) is 30.5 Å². The lowest BCUT2D eigenvalue weighted by molar-refractivity contribution is -0.117. The van der Waals surface area contributed by atoms with Crippen LogP contribution in [-0.2, 0) is 4.79 Å². The van der Waals surface area contributed by atoms with Gasteiger partial charge in [-0.25, -0.2) is 0 Å². The van der Waals surface area contributed by atoms with Crippen LogP contribution in [0.4, 0.5) is 5.69 Å². The molecule has 5 heteroatoms. The largest absolute Gasteiger partial charge is 0.325 e. The van der Waals surface area contributed by atoms with E-state index in [1.54, 1.807) is 23.5 Å². The van der Waals surface area contributed by atoms with Gasteiger partial charge >= 0.3 is 0 Å². The number of hydrogen-bond acceptors (Lipinski definition) is 4. The van der Waals surface area contributed by atoms with Gasteiger partial charge in [0.1, 0.15) is 0 Å². The fraction of sp³-hybridized carbons (Fsp3) is 0.364. The van der Waals surface area contributed by atoms with E-state index in [9.17, 15) is 4.79 Å². The topological polar surface area (TPSA) is 41.1 Å². The Hall–Kier alpha value is -0.650. The van der Waals surface area contributed by atoms with Gasteiger partial charge in [-0.05, 0) is 24.5 Å². The summed E-state index contributed by atoms with van der Waals surface area (Å²) in [5, 5.41) is 6.08. The van der Waals surface area contributed by atoms with Crippen LogP contribution >= 0.6 is 23.5 Å². The fourth-order valence-corrected chi connectivity index (χ4v) is 2.90. The van der Waals surface area contributed by atoms with Gasteiger partial charge in [-0.3, -0.25) is 10.1 Å². The summed E-state index contributed by atoms with van der Waals surface area (Å²) >= 11 is 3.42. The molecule has 1 aliphatic rings. The molecule has 1 fully saturated rings. The van der Waals surface area contributed by atoms with E-state index in [4.69, 9.17) is 0 Å². The standard InChI is InChI=1S/C11H14N2OS2/c1-15-9-4-2-3-8(5-9)13-11(14)10-6-16-7-12-10/h2-5,10,12H,6-7H2,1H3,(H,13,14). The van der Waals surface area contributed by atoms with Gasteiger partial charge in [0.05, 0.1) is 6.04 Å². The van der Waals surface area contributed by atoms with Crippen molar-refractivity contribution < 1.29 is 4.79 Å². The first-order chi connectivity index (χ1) is 7.79. The van der Waals surface area contributed by atoms with Crippen LogP contribution in [0, 0.1) is 0 Å². The first-order valence-corrected chi connectivity index (χ1v) is 7.43. The van der Waals surface area contributed by atoms with Gasteiger partial charge in [0.2, 0.25) is 5.91 Å². The molecule has 1 unspecified atom stereocenters. The molecule has 3 nitrogen and oxygen atoms in total. The molecule has 0 spiro atoms. The van der Waals surface area contributed by atoms with Crippen LogP contribution < -0.4 is 10.6 Å². The molecule has 0 aromatic heterocycles. The minimum atomic E-state index is -0.0528. The van der Waals surface area contributed by atoms with Gasteiger partial charge in [-0.1, -0.05) is 6.07 Å². The summed E-state index contributed by atoms with van der Waals surface area (Å²) < 4.78 is 0. The van der Waals surface area contributed by atoms with Gasteiger partial charge in [-0.2, -0.15) is 0 Å². The van der Waals surface area contributed by atoms with Crippen LogP contribution in [-0.4, -0.2) is 29.8 Å². The number of thioether (sulfide) groups is 2. The second-order valence-corrected chi connectivity index (χ2v) is 5.40. The van der Waals surface area contributed by atoms with Crippen molar-refractivity contribution in [3.05, 3.63) is 24.3 Å². The molecule has 1 heterocycles. The van der Waals surface area contributed by atoms with Crippen molar-refractivity contribution in [1.29, 1.82) is 0 Å². The van der Waals surface area contributed by atoms with Crippen LogP contribution in [0.25, 0.3) is 0 Å². The highest BCUT2D eigenvalue weighted by Crippen LogP contribution is 2.19. The molecule has 0 aliphatic carbocycles. The normalized spacial score (nSPS) is 19.7. The molecule has 2 rings (SSSR count). The Labute approximate surface area is 104 Å². The molecule has 1 atom stereocenters. The summed E-state index contributed by atoms with van der Waals surface area (Å²) in [7, 11) is 0. The first kappa shape index (κ1) is 11.8. The predicted molar refractivity (Wildman–Crippen MR) is 71.1 cm³/mol. The third-order valence-corrected chi connectivity index (χ3v) is 4.04. The van der Waals surface area contributed by atoms with E-state index in [-0.39, 0.29) is 11.9 Å². The molecular weight excluding hydrogens is 240 g/mol. The smallest absolute Gasteiger partial charge is 0.242 e. The van der Waals surface area contributed by atoms with E-state index in [1.165, 1.54) is 0 Å². The SMILES string of the molecule is CSc1cccc(NC(=O)C2CSCN2)c1. The van der Waals surface area contributed by atoms with Gasteiger partial charge in [0.25, 0.3) is 0 Å². The molecule has 1 amide bonds. The Morgan fingerprint density at radius 2 is 2.50 bits per heavy atom. The zero-order chi connectivity index (χ0) is 11.4. The van der Waals surface area contributed by atoms with E-state index in [2.05, 4.69) is 10.6 Å². The summed E-state index contributed by atoms with van der Waals surface area (Å²) in [6.45, 7) is 0. The highest BCUT2D eigenvalue weighted by molar-refractivity contribution is 7.99. The number of hydrogen-bond donors (Lipinski definition) is 2. The number of carbonyl (C=O) groups excluding carboxylic acids is 1. The van der Waals surface area contributed by atoms with Crippen molar-refractivity contribution in [1.82, 2.24) is 5.32 Å². The number of amides is 1. The van der Waals surface area contributed by atoms with Crippen LogP contribution in [0.15, 0.2) is 29.2 Å². The molecule has 1 aliphatic heterocycles. The van der Waals surface area contributed by atoms with E-state index in [0.717, 1.165) is 22.2 Å². The molecule has 0 saturated carbocycles. The molecule has 1 saturated heterocycles. The lowest BCUT2D eigenvalue weighted by atomic mass is 10.2. The lowest BCUT2D eigenvalue weighted by Gasteiger charge is -2.10. The van der Waals surface area contributed by atoms with Gasteiger partial charge in [0, 0.05) is 22.2 Å². The minimum absolute atomic E-state index is 0.0528. The number of anilines is 1. The van der Waals surface area contributed by atoms with Crippen molar-refractivity contribution >= 4 is 35.1 Å². The molecule has 1 aromatic carbocycles. The number of nitrogens with one attached hydrogen (secondary N) is 2. The number of benzene rings is 1. The molecule has 1 aromatic rings. The maximum absolute atomic E-state index is 11.8. The Morgan fingerprint density at radius 1 is 1.62 bits per heavy atom. The second kappa shape index (κ2) is 5.61. The first-order valence-electron chi connectivity index (χ1n) is 5.05. The average molecular weight is 254 g/mol. The van der Waals surface area contributed by atoms with Crippen molar-refractivity contribution in [3.63, 3.8) is 0 Å². The van der Waals surface area contributed by atoms with E-state index in [0.29, 0.717) is 0 Å². The molecule has 2 N–H and O–H groups in total. The second-order valence-electron chi connectivity index (χ2n) is 3.49. The molecule has 0 radical (unpaired) electrons. The highest BCUT2D eigenvalue weighted by Gasteiger charge is 2.22. The molecule has 16 heavy (non-hydrogen) atoms. The Bertz CT molecular complexity index is 378. The van der Waals surface area contributed by atoms with E-state index >= 15 is 0 Å². The van der Waals surface area contributed by atoms with Gasteiger partial charge in [-0.15, -0.1) is 23.5 Å². The monoisotopic (exact) mass is 254 g/mol. The fourth-order valence-electron chi connectivity index (χ4n) is 1.49. The van der Waals surface area contributed by atoms with Crippen LogP contribution in [0.3, 0.4) is 0 Å². The Balaban J connectivity index is 1.99. The highest BCUT2D eigenvalue weighted by atomic mass is 32.2. The Morgan fingerprint density at radius 3 is 3.19 bits per heavy atom. The number of carbonyl (C=O) groups is 1. The predicted octanol–water partition coefficient (Wildman–Crippen LogP) is 2.01. The van der Waals surface area contributed by atoms with Gasteiger partial charge in [0.15, 0.2) is 0 Å². The maximum atomic E-state index is 11.8. The summed E-state index contributed by atoms with van der Waals surface area (Å²) in [5.74, 6) is 1.78. The maximum Gasteiger partial charge on any atom is 0.242 e. The van der Waals surface area contributed by atoms with Crippen molar-refractivity contribution in [2.24, 2.45) is 0 Å². The minimum Gasteiger partial charge on any atom is -0.325 e. The zero-order valence-corrected chi connectivity index (χ0v) is 10.7. The quantitative estimate of drug-likeness (QED) is 0.810. The molecule has 86 valence electrons. The average Bonchev–Trinajstić information content (AvgIpc) is 2.83. The molecular formula is C11H14N2OS2.